The van der Waals surface area contributed by atoms with Gasteiger partial charge in [-0.1, -0.05) is 31.9 Å². The number of nitrogens with two attached hydrogens (primary N) is 1. The molecule has 112 valence electrons. The monoisotopic (exact) mass is 432 g/mol. The molecule has 0 saturated carbocycles. The summed E-state index contributed by atoms with van der Waals surface area (Å²) in [6.45, 7) is 3.58. The Bertz CT molecular complexity index is 805. The Hall–Kier alpha value is -1.05. The molecule has 4 nitrogen and oxygen atoms in total. The number of benzene rings is 2. The fraction of sp³-hybridized carbons (Fsp3) is 0.143. The average Bonchev–Trinajstić information content (AvgIpc) is 2.37. The first-order valence-electron chi connectivity index (χ1n) is 6.05. The van der Waals surface area contributed by atoms with Gasteiger partial charge in [0, 0.05) is 20.3 Å². The van der Waals surface area contributed by atoms with E-state index in [0.29, 0.717) is 21.4 Å². The number of halogens is 2. The zero-order valence-electron chi connectivity index (χ0n) is 11.4. The van der Waals surface area contributed by atoms with Crippen molar-refractivity contribution in [2.45, 2.75) is 18.7 Å². The molecule has 2 aromatic rings. The minimum Gasteiger partial charge on any atom is -0.398 e. The number of hydrogen-bond acceptors (Lipinski definition) is 3. The van der Waals surface area contributed by atoms with Crippen molar-refractivity contribution in [1.82, 2.24) is 0 Å². The third-order valence-corrected chi connectivity index (χ3v) is 5.92. The molecule has 0 spiro atoms. The number of aryl methyl sites for hydroxylation is 1. The highest BCUT2D eigenvalue weighted by Crippen LogP contribution is 2.28. The van der Waals surface area contributed by atoms with E-state index in [1.165, 1.54) is 0 Å². The molecule has 3 N–H and O–H groups in total. The van der Waals surface area contributed by atoms with Crippen LogP contribution in [0.15, 0.2) is 44.2 Å². The molecular weight excluding hydrogens is 420 g/mol. The summed E-state index contributed by atoms with van der Waals surface area (Å²) in [5.74, 6) is 0. The molecule has 7 heteroatoms. The Labute approximate surface area is 141 Å². The van der Waals surface area contributed by atoms with Crippen LogP contribution in [0.1, 0.15) is 11.1 Å². The highest BCUT2D eigenvalue weighted by atomic mass is 79.9. The predicted molar refractivity (Wildman–Crippen MR) is 93.0 cm³/mol. The molecule has 0 aliphatic rings. The molecule has 0 atom stereocenters. The van der Waals surface area contributed by atoms with E-state index in [0.717, 1.165) is 10.0 Å². The van der Waals surface area contributed by atoms with Gasteiger partial charge in [0.1, 0.15) is 0 Å². The third-order valence-electron chi connectivity index (χ3n) is 3.06. The first-order valence-corrected chi connectivity index (χ1v) is 9.12. The van der Waals surface area contributed by atoms with Crippen LogP contribution in [0.4, 0.5) is 11.4 Å². The van der Waals surface area contributed by atoms with Gasteiger partial charge in [0.25, 0.3) is 10.0 Å². The van der Waals surface area contributed by atoms with Gasteiger partial charge in [-0.2, -0.15) is 0 Å². The van der Waals surface area contributed by atoms with E-state index in [4.69, 9.17) is 5.73 Å². The normalized spacial score (nSPS) is 11.4. The zero-order valence-corrected chi connectivity index (χ0v) is 15.4. The van der Waals surface area contributed by atoms with Crippen molar-refractivity contribution in [2.24, 2.45) is 0 Å². The smallest absolute Gasteiger partial charge is 0.262 e. The second-order valence-corrected chi connectivity index (χ2v) is 8.11. The van der Waals surface area contributed by atoms with Crippen LogP contribution in [0.25, 0.3) is 0 Å². The lowest BCUT2D eigenvalue weighted by Gasteiger charge is -2.13. The van der Waals surface area contributed by atoms with E-state index in [1.807, 2.05) is 6.92 Å². The summed E-state index contributed by atoms with van der Waals surface area (Å²) in [5.41, 5.74) is 8.24. The van der Waals surface area contributed by atoms with Crippen LogP contribution in [0.2, 0.25) is 0 Å². The van der Waals surface area contributed by atoms with E-state index < -0.39 is 10.0 Å². The number of nitrogen functional groups attached to an aromatic ring is 1. The Morgan fingerprint density at radius 1 is 1.10 bits per heavy atom. The van der Waals surface area contributed by atoms with Gasteiger partial charge < -0.3 is 5.73 Å². The van der Waals surface area contributed by atoms with Crippen molar-refractivity contribution in [2.75, 3.05) is 10.5 Å². The van der Waals surface area contributed by atoms with Crippen LogP contribution in [-0.4, -0.2) is 8.42 Å². The van der Waals surface area contributed by atoms with Crippen LogP contribution in [0.3, 0.4) is 0 Å². The molecule has 0 aliphatic heterocycles. The maximum absolute atomic E-state index is 12.5. The molecule has 2 rings (SSSR count). The van der Waals surface area contributed by atoms with Crippen LogP contribution in [-0.2, 0) is 10.0 Å². The zero-order chi connectivity index (χ0) is 15.8. The summed E-state index contributed by atoms with van der Waals surface area (Å²) in [6.07, 6.45) is 0. The lowest BCUT2D eigenvalue weighted by molar-refractivity contribution is 0.600. The molecule has 0 radical (unpaired) electrons. The Balaban J connectivity index is 2.45. The highest BCUT2D eigenvalue weighted by molar-refractivity contribution is 9.10. The van der Waals surface area contributed by atoms with E-state index in [9.17, 15) is 8.42 Å². The maximum atomic E-state index is 12.5. The quantitative estimate of drug-likeness (QED) is 0.712. The van der Waals surface area contributed by atoms with E-state index >= 15 is 0 Å². The summed E-state index contributed by atoms with van der Waals surface area (Å²) < 4.78 is 29.2. The van der Waals surface area contributed by atoms with Gasteiger partial charge in [0.15, 0.2) is 0 Å². The number of rotatable bonds is 3. The molecule has 21 heavy (non-hydrogen) atoms. The average molecular weight is 434 g/mol. The Morgan fingerprint density at radius 3 is 2.38 bits per heavy atom. The molecule has 0 amide bonds. The highest BCUT2D eigenvalue weighted by Gasteiger charge is 2.19. The lowest BCUT2D eigenvalue weighted by atomic mass is 10.2. The van der Waals surface area contributed by atoms with Gasteiger partial charge in [-0.3, -0.25) is 4.72 Å². The number of anilines is 2. The molecule has 0 aromatic heterocycles. The topological polar surface area (TPSA) is 72.2 Å². The van der Waals surface area contributed by atoms with Gasteiger partial charge in [0.05, 0.1) is 4.90 Å². The Kier molecular flexibility index (Phi) is 4.65. The van der Waals surface area contributed by atoms with Crippen molar-refractivity contribution in [3.63, 3.8) is 0 Å². The minimum absolute atomic E-state index is 0.162. The van der Waals surface area contributed by atoms with Gasteiger partial charge >= 0.3 is 0 Å². The molecule has 0 aliphatic carbocycles. The van der Waals surface area contributed by atoms with Crippen LogP contribution < -0.4 is 10.5 Å². The van der Waals surface area contributed by atoms with Crippen LogP contribution in [0.5, 0.6) is 0 Å². The van der Waals surface area contributed by atoms with Crippen molar-refractivity contribution in [3.8, 4) is 0 Å². The lowest BCUT2D eigenvalue weighted by Crippen LogP contribution is -2.15. The van der Waals surface area contributed by atoms with E-state index in [1.54, 1.807) is 37.3 Å². The minimum atomic E-state index is -3.69. The van der Waals surface area contributed by atoms with Crippen LogP contribution >= 0.6 is 31.9 Å². The molecular formula is C14H14Br2N2O2S. The maximum Gasteiger partial charge on any atom is 0.262 e. The SMILES string of the molecule is Cc1cc(NS(=O)(=O)c2cc(Br)cc(N)c2C)ccc1Br. The number of hydrogen-bond donors (Lipinski definition) is 2. The third kappa shape index (κ3) is 3.59. The van der Waals surface area contributed by atoms with Gasteiger partial charge in [-0.05, 0) is 55.3 Å². The van der Waals surface area contributed by atoms with Crippen molar-refractivity contribution >= 4 is 53.3 Å². The molecule has 0 heterocycles. The second kappa shape index (κ2) is 5.98. The number of sulfonamides is 1. The Morgan fingerprint density at radius 2 is 1.76 bits per heavy atom. The standard InChI is InChI=1S/C14H14Br2N2O2S/c1-8-5-11(3-4-12(8)16)18-21(19,20)14-7-10(15)6-13(17)9(14)2/h3-7,18H,17H2,1-2H3. The first kappa shape index (κ1) is 16.3. The summed E-state index contributed by atoms with van der Waals surface area (Å²) in [7, 11) is -3.69. The van der Waals surface area contributed by atoms with Crippen molar-refractivity contribution < 1.29 is 8.42 Å². The molecule has 2 aromatic carbocycles. The number of nitrogens with one attached hydrogen (secondary N) is 1. The van der Waals surface area contributed by atoms with Crippen molar-refractivity contribution in [1.29, 1.82) is 0 Å². The fourth-order valence-electron chi connectivity index (χ4n) is 1.87. The summed E-state index contributed by atoms with van der Waals surface area (Å²) >= 11 is 6.65. The van der Waals surface area contributed by atoms with E-state index in [-0.39, 0.29) is 4.90 Å². The molecule has 0 fully saturated rings. The fourth-order valence-corrected chi connectivity index (χ4v) is 4.10. The molecule has 0 unspecified atom stereocenters. The summed E-state index contributed by atoms with van der Waals surface area (Å²) in [6, 6.07) is 8.48. The van der Waals surface area contributed by atoms with Crippen LogP contribution in [0, 0.1) is 13.8 Å². The predicted octanol–water partition coefficient (Wildman–Crippen LogP) is 4.21. The summed E-state index contributed by atoms with van der Waals surface area (Å²) in [5, 5.41) is 0. The largest absolute Gasteiger partial charge is 0.398 e. The first-order chi connectivity index (χ1) is 9.70. The molecule has 0 bridgehead atoms. The van der Waals surface area contributed by atoms with E-state index in [2.05, 4.69) is 36.6 Å². The summed E-state index contributed by atoms with van der Waals surface area (Å²) in [4.78, 5) is 0.162. The van der Waals surface area contributed by atoms with Gasteiger partial charge in [-0.15, -0.1) is 0 Å². The van der Waals surface area contributed by atoms with Gasteiger partial charge in [-0.25, -0.2) is 8.42 Å². The van der Waals surface area contributed by atoms with Crippen molar-refractivity contribution in [3.05, 3.63) is 50.4 Å². The van der Waals surface area contributed by atoms with Gasteiger partial charge in [0.2, 0.25) is 0 Å². The second-order valence-electron chi connectivity index (χ2n) is 4.69. The molecule has 0 saturated heterocycles.